The van der Waals surface area contributed by atoms with Crippen LogP contribution in [0.1, 0.15) is 24.5 Å². The van der Waals surface area contributed by atoms with Crippen LogP contribution in [0, 0.1) is 6.92 Å². The third-order valence-electron chi connectivity index (χ3n) is 3.03. The number of carbonyl (C=O) groups excluding carboxylic acids is 1. The first-order chi connectivity index (χ1) is 9.97. The third kappa shape index (κ3) is 5.30. The van der Waals surface area contributed by atoms with Gasteiger partial charge in [-0.05, 0) is 26.3 Å². The molecule has 0 saturated carbocycles. The average molecular weight is 291 g/mol. The molecule has 0 spiro atoms. The van der Waals surface area contributed by atoms with Crippen molar-refractivity contribution in [3.8, 4) is 5.75 Å². The number of hydrogen-bond donors (Lipinski definition) is 2. The number of hydrogen-bond acceptors (Lipinski definition) is 3. The topological polar surface area (TPSA) is 75.6 Å². The number of carboxylic acids is 1. The van der Waals surface area contributed by atoms with E-state index in [9.17, 15) is 9.59 Å². The number of ether oxygens (including phenoxy) is 1. The number of nitrogens with one attached hydrogen (secondary N) is 1. The number of carboxylic acid groups (broad SMARTS) is 1. The van der Waals surface area contributed by atoms with Crippen LogP contribution in [0.3, 0.4) is 0 Å². The van der Waals surface area contributed by atoms with Gasteiger partial charge in [0.05, 0.1) is 13.5 Å². The molecule has 1 aromatic carbocycles. The lowest BCUT2D eigenvalue weighted by Gasteiger charge is -2.14. The van der Waals surface area contributed by atoms with Crippen LogP contribution in [0.25, 0.3) is 0 Å². The fourth-order valence-corrected chi connectivity index (χ4v) is 1.96. The van der Waals surface area contributed by atoms with Gasteiger partial charge in [-0.3, -0.25) is 4.79 Å². The first-order valence-electron chi connectivity index (χ1n) is 6.74. The van der Waals surface area contributed by atoms with Gasteiger partial charge in [0.2, 0.25) is 5.91 Å². The number of aliphatic carboxylic acids is 1. The SMILES string of the molecule is C/C=C/CC(NC(=O)Cc1cc(C)ccc1OC)C(=O)O. The molecule has 0 aliphatic carbocycles. The van der Waals surface area contributed by atoms with Crippen molar-refractivity contribution in [1.82, 2.24) is 5.32 Å². The van der Waals surface area contributed by atoms with Gasteiger partial charge in [-0.2, -0.15) is 0 Å². The molecule has 0 saturated heterocycles. The summed E-state index contributed by atoms with van der Waals surface area (Å²) in [6.45, 7) is 3.73. The first kappa shape index (κ1) is 16.8. The maximum atomic E-state index is 12.0. The van der Waals surface area contributed by atoms with Gasteiger partial charge < -0.3 is 15.2 Å². The van der Waals surface area contributed by atoms with Gasteiger partial charge in [-0.25, -0.2) is 4.79 Å². The van der Waals surface area contributed by atoms with E-state index in [0.717, 1.165) is 11.1 Å². The number of methoxy groups -OCH3 is 1. The largest absolute Gasteiger partial charge is 0.496 e. The van der Waals surface area contributed by atoms with Crippen LogP contribution in [0.5, 0.6) is 5.75 Å². The molecule has 0 aliphatic rings. The molecule has 0 aromatic heterocycles. The monoisotopic (exact) mass is 291 g/mol. The molecule has 114 valence electrons. The molecule has 1 atom stereocenters. The van der Waals surface area contributed by atoms with E-state index in [2.05, 4.69) is 5.32 Å². The van der Waals surface area contributed by atoms with Crippen molar-refractivity contribution in [2.24, 2.45) is 0 Å². The van der Waals surface area contributed by atoms with E-state index >= 15 is 0 Å². The maximum Gasteiger partial charge on any atom is 0.326 e. The Morgan fingerprint density at radius 3 is 2.71 bits per heavy atom. The van der Waals surface area contributed by atoms with E-state index in [0.29, 0.717) is 5.75 Å². The van der Waals surface area contributed by atoms with E-state index in [-0.39, 0.29) is 18.7 Å². The third-order valence-corrected chi connectivity index (χ3v) is 3.03. The molecule has 5 heteroatoms. The van der Waals surface area contributed by atoms with Crippen molar-refractivity contribution < 1.29 is 19.4 Å². The fraction of sp³-hybridized carbons (Fsp3) is 0.375. The Balaban J connectivity index is 2.76. The second kappa shape index (κ2) is 8.09. The number of carbonyl (C=O) groups is 2. The summed E-state index contributed by atoms with van der Waals surface area (Å²) < 4.78 is 5.21. The summed E-state index contributed by atoms with van der Waals surface area (Å²) in [7, 11) is 1.54. The lowest BCUT2D eigenvalue weighted by atomic mass is 10.1. The summed E-state index contributed by atoms with van der Waals surface area (Å²) in [5, 5.41) is 11.6. The summed E-state index contributed by atoms with van der Waals surface area (Å²) in [5.41, 5.74) is 1.76. The van der Waals surface area contributed by atoms with Gasteiger partial charge in [0.1, 0.15) is 11.8 Å². The van der Waals surface area contributed by atoms with E-state index < -0.39 is 12.0 Å². The minimum atomic E-state index is -1.04. The number of amides is 1. The lowest BCUT2D eigenvalue weighted by molar-refractivity contribution is -0.141. The highest BCUT2D eigenvalue weighted by molar-refractivity contribution is 5.85. The van der Waals surface area contributed by atoms with Crippen LogP contribution in [-0.4, -0.2) is 30.1 Å². The Bertz CT molecular complexity index is 537. The number of allylic oxidation sites excluding steroid dienone is 1. The number of aryl methyl sites for hydroxylation is 1. The van der Waals surface area contributed by atoms with Crippen LogP contribution >= 0.6 is 0 Å². The zero-order valence-corrected chi connectivity index (χ0v) is 12.6. The molecule has 1 amide bonds. The van der Waals surface area contributed by atoms with Gasteiger partial charge in [0.25, 0.3) is 0 Å². The van der Waals surface area contributed by atoms with Crippen molar-refractivity contribution in [3.63, 3.8) is 0 Å². The lowest BCUT2D eigenvalue weighted by Crippen LogP contribution is -2.41. The molecule has 1 unspecified atom stereocenters. The molecular formula is C16H21NO4. The predicted octanol–water partition coefficient (Wildman–Crippen LogP) is 2.08. The summed E-state index contributed by atoms with van der Waals surface area (Å²) in [6.07, 6.45) is 3.82. The molecule has 0 heterocycles. The second-order valence-corrected chi connectivity index (χ2v) is 4.76. The summed E-state index contributed by atoms with van der Waals surface area (Å²) in [6, 6.07) is 4.64. The molecule has 0 radical (unpaired) electrons. The van der Waals surface area contributed by atoms with E-state index in [1.807, 2.05) is 19.1 Å². The Kier molecular flexibility index (Phi) is 6.46. The van der Waals surface area contributed by atoms with Crippen LogP contribution in [0.4, 0.5) is 0 Å². The quantitative estimate of drug-likeness (QED) is 0.754. The Morgan fingerprint density at radius 1 is 1.43 bits per heavy atom. The van der Waals surface area contributed by atoms with Crippen LogP contribution < -0.4 is 10.1 Å². The van der Waals surface area contributed by atoms with Crippen LogP contribution in [0.2, 0.25) is 0 Å². The highest BCUT2D eigenvalue weighted by Crippen LogP contribution is 2.20. The Labute approximate surface area is 124 Å². The highest BCUT2D eigenvalue weighted by atomic mass is 16.5. The minimum Gasteiger partial charge on any atom is -0.496 e. The molecular weight excluding hydrogens is 270 g/mol. The van der Waals surface area contributed by atoms with Crippen molar-refractivity contribution in [1.29, 1.82) is 0 Å². The number of rotatable bonds is 7. The zero-order valence-electron chi connectivity index (χ0n) is 12.6. The average Bonchev–Trinajstić information content (AvgIpc) is 2.43. The van der Waals surface area contributed by atoms with Gasteiger partial charge in [-0.1, -0.05) is 29.8 Å². The van der Waals surface area contributed by atoms with Gasteiger partial charge in [-0.15, -0.1) is 0 Å². The standard InChI is InChI=1S/C16H21NO4/c1-4-5-6-13(16(19)20)17-15(18)10-12-9-11(2)7-8-14(12)21-3/h4-5,7-9,13H,6,10H2,1-3H3,(H,17,18)(H,19,20)/b5-4+. The van der Waals surface area contributed by atoms with E-state index in [1.165, 1.54) is 7.11 Å². The molecule has 2 N–H and O–H groups in total. The Hall–Kier alpha value is -2.30. The first-order valence-corrected chi connectivity index (χ1v) is 6.74. The van der Waals surface area contributed by atoms with Gasteiger partial charge in [0, 0.05) is 5.56 Å². The van der Waals surface area contributed by atoms with Crippen molar-refractivity contribution in [2.45, 2.75) is 32.7 Å². The van der Waals surface area contributed by atoms with E-state index in [4.69, 9.17) is 9.84 Å². The van der Waals surface area contributed by atoms with Gasteiger partial charge in [0.15, 0.2) is 0 Å². The zero-order chi connectivity index (χ0) is 15.8. The summed E-state index contributed by atoms with van der Waals surface area (Å²) in [5.74, 6) is -0.760. The second-order valence-electron chi connectivity index (χ2n) is 4.76. The van der Waals surface area contributed by atoms with E-state index in [1.54, 1.807) is 25.1 Å². The predicted molar refractivity (Wildman–Crippen MR) is 80.4 cm³/mol. The van der Waals surface area contributed by atoms with Gasteiger partial charge >= 0.3 is 5.97 Å². The van der Waals surface area contributed by atoms with Crippen molar-refractivity contribution in [2.75, 3.05) is 7.11 Å². The minimum absolute atomic E-state index is 0.0878. The maximum absolute atomic E-state index is 12.0. The normalized spacial score (nSPS) is 12.1. The highest BCUT2D eigenvalue weighted by Gasteiger charge is 2.19. The molecule has 5 nitrogen and oxygen atoms in total. The van der Waals surface area contributed by atoms with Crippen LogP contribution in [-0.2, 0) is 16.0 Å². The molecule has 1 aromatic rings. The molecule has 0 bridgehead atoms. The Morgan fingerprint density at radius 2 is 2.14 bits per heavy atom. The summed E-state index contributed by atoms with van der Waals surface area (Å²) in [4.78, 5) is 23.1. The fourth-order valence-electron chi connectivity index (χ4n) is 1.96. The van der Waals surface area contributed by atoms with Crippen molar-refractivity contribution in [3.05, 3.63) is 41.5 Å². The van der Waals surface area contributed by atoms with Crippen molar-refractivity contribution >= 4 is 11.9 Å². The molecule has 1 rings (SSSR count). The summed E-state index contributed by atoms with van der Waals surface area (Å²) >= 11 is 0. The van der Waals surface area contributed by atoms with Crippen LogP contribution in [0.15, 0.2) is 30.4 Å². The smallest absolute Gasteiger partial charge is 0.326 e. The molecule has 0 aliphatic heterocycles. The number of benzene rings is 1. The molecule has 21 heavy (non-hydrogen) atoms. The molecule has 0 fully saturated rings.